The van der Waals surface area contributed by atoms with Crippen molar-refractivity contribution in [3.8, 4) is 0 Å². The summed E-state index contributed by atoms with van der Waals surface area (Å²) in [6, 6.07) is 20.2. The molecule has 0 fully saturated rings. The predicted molar refractivity (Wildman–Crippen MR) is 183 cm³/mol. The van der Waals surface area contributed by atoms with Gasteiger partial charge in [0.15, 0.2) is 6.23 Å². The number of rotatable bonds is 16. The Morgan fingerprint density at radius 3 is 2.31 bits per heavy atom. The number of carbonyl (C=O) groups excluding carboxylic acids is 4. The van der Waals surface area contributed by atoms with E-state index in [2.05, 4.69) is 30.7 Å². The first-order valence-electron chi connectivity index (χ1n) is 15.7. The maximum Gasteiger partial charge on any atom is 0.408 e. The zero-order valence-electron chi connectivity index (χ0n) is 27.5. The van der Waals surface area contributed by atoms with E-state index in [-0.39, 0.29) is 31.8 Å². The maximum atomic E-state index is 14.0. The van der Waals surface area contributed by atoms with Crippen molar-refractivity contribution in [2.75, 3.05) is 7.11 Å². The third-order valence-electron chi connectivity index (χ3n) is 7.37. The molecule has 4 atom stereocenters. The summed E-state index contributed by atoms with van der Waals surface area (Å²) in [6.07, 6.45) is 1.44. The van der Waals surface area contributed by atoms with Gasteiger partial charge in [-0.2, -0.15) is 4.52 Å². The number of amides is 3. The Morgan fingerprint density at radius 1 is 0.898 bits per heavy atom. The third-order valence-corrected chi connectivity index (χ3v) is 8.25. The monoisotopic (exact) mass is 689 g/mol. The Labute approximate surface area is 285 Å². The number of alkyl carbamates (subject to hydrolysis) is 1. The Bertz CT molecular complexity index is 1730. The number of H-pyrrole nitrogens is 1. The van der Waals surface area contributed by atoms with Gasteiger partial charge in [0, 0.05) is 24.7 Å². The quantitative estimate of drug-likeness (QED) is 0.0779. The summed E-state index contributed by atoms with van der Waals surface area (Å²) in [7, 11) is -1.47. The zero-order valence-corrected chi connectivity index (χ0v) is 28.4. The molecule has 0 bridgehead atoms. The van der Waals surface area contributed by atoms with E-state index in [4.69, 9.17) is 9.26 Å². The highest BCUT2D eigenvalue weighted by Gasteiger charge is 2.31. The van der Waals surface area contributed by atoms with Gasteiger partial charge in [0.1, 0.15) is 18.7 Å². The second-order valence-electron chi connectivity index (χ2n) is 11.6. The average Bonchev–Trinajstić information content (AvgIpc) is 3.60. The molecule has 0 saturated heterocycles. The molecule has 14 heteroatoms. The Balaban J connectivity index is 1.57. The van der Waals surface area contributed by atoms with Crippen LogP contribution in [0, 0.1) is 5.92 Å². The highest BCUT2D eigenvalue weighted by molar-refractivity contribution is 7.47. The molecular weight excluding hydrogens is 649 g/mol. The predicted octanol–water partition coefficient (Wildman–Crippen LogP) is 3.28. The smallest absolute Gasteiger partial charge is 0.408 e. The number of fused-ring (bicyclic) bond motifs is 1. The third kappa shape index (κ3) is 11.8. The molecule has 3 aromatic carbocycles. The van der Waals surface area contributed by atoms with Crippen LogP contribution < -0.4 is 20.8 Å². The second-order valence-corrected chi connectivity index (χ2v) is 12.7. The number of benzene rings is 3. The minimum absolute atomic E-state index is 0.00338. The molecule has 0 aliphatic carbocycles. The van der Waals surface area contributed by atoms with Gasteiger partial charge in [-0.25, -0.2) is 14.6 Å². The largest absolute Gasteiger partial charge is 0.603 e. The van der Waals surface area contributed by atoms with Gasteiger partial charge in [-0.05, 0) is 34.2 Å². The minimum atomic E-state index is -2.62. The SMILES string of the molecule is COC(=O)C=[P+]([O-])OC(CC(C)C)NC(=O)[C@H](Cc1cnc[nH]1)NC(=O)[C@H](Cc1cccc2ccccc12)NC(=O)OCc1ccccc1. The Morgan fingerprint density at radius 2 is 1.59 bits per heavy atom. The van der Waals surface area contributed by atoms with Crippen LogP contribution in [0.5, 0.6) is 0 Å². The van der Waals surface area contributed by atoms with E-state index in [1.165, 1.54) is 12.5 Å². The molecule has 0 spiro atoms. The van der Waals surface area contributed by atoms with Crippen LogP contribution in [0.25, 0.3) is 10.8 Å². The van der Waals surface area contributed by atoms with Crippen molar-refractivity contribution in [2.24, 2.45) is 5.92 Å². The molecule has 1 heterocycles. The zero-order chi connectivity index (χ0) is 35.2. The molecule has 13 nitrogen and oxygen atoms in total. The molecule has 49 heavy (non-hydrogen) atoms. The lowest BCUT2D eigenvalue weighted by Gasteiger charge is -2.25. The maximum absolute atomic E-state index is 14.0. The lowest BCUT2D eigenvalue weighted by molar-refractivity contribution is -0.177. The Kier molecular flexibility index (Phi) is 13.8. The van der Waals surface area contributed by atoms with Crippen molar-refractivity contribution in [2.45, 2.75) is 58.0 Å². The molecule has 0 aliphatic heterocycles. The second kappa shape index (κ2) is 18.4. The van der Waals surface area contributed by atoms with Crippen LogP contribution in [0.3, 0.4) is 0 Å². The lowest BCUT2D eigenvalue weighted by Crippen LogP contribution is -2.56. The molecule has 4 aromatic rings. The summed E-state index contributed by atoms with van der Waals surface area (Å²) in [5, 5.41) is 10.0. The topological polar surface area (TPSA) is 184 Å². The van der Waals surface area contributed by atoms with Crippen LogP contribution in [0.15, 0.2) is 85.3 Å². The van der Waals surface area contributed by atoms with Gasteiger partial charge in [0.25, 0.3) is 0 Å². The molecule has 0 aliphatic rings. The molecule has 3 amide bonds. The van der Waals surface area contributed by atoms with Crippen LogP contribution in [-0.2, 0) is 47.8 Å². The van der Waals surface area contributed by atoms with Gasteiger partial charge in [-0.15, -0.1) is 0 Å². The van der Waals surface area contributed by atoms with Crippen molar-refractivity contribution in [3.05, 3.63) is 102 Å². The van der Waals surface area contributed by atoms with E-state index in [0.717, 1.165) is 34.8 Å². The molecule has 0 saturated carbocycles. The normalized spacial score (nSPS) is 13.3. The fourth-order valence-corrected chi connectivity index (χ4v) is 5.74. The summed E-state index contributed by atoms with van der Waals surface area (Å²) >= 11 is 0. The number of esters is 1. The minimum Gasteiger partial charge on any atom is -0.603 e. The summed E-state index contributed by atoms with van der Waals surface area (Å²) in [4.78, 5) is 71.8. The van der Waals surface area contributed by atoms with E-state index in [1.54, 1.807) is 0 Å². The summed E-state index contributed by atoms with van der Waals surface area (Å²) in [5.74, 6) is -1.35. The highest BCUT2D eigenvalue weighted by atomic mass is 31.1. The number of methoxy groups -OCH3 is 1. The average molecular weight is 690 g/mol. The fourth-order valence-electron chi connectivity index (χ4n) is 5.01. The van der Waals surface area contributed by atoms with E-state index in [0.29, 0.717) is 5.69 Å². The number of ether oxygens (including phenoxy) is 2. The standard InChI is InChI=1S/C35H40N5O8P/c1-23(2)16-31(48-49(45)21-32(41)46-3)40-34(43)30(18-27-19-36-22-37-27)38-33(42)29(39-35(44)47-20-24-10-5-4-6-11-24)17-26-14-9-13-25-12-7-8-15-28(25)26/h4-15,19,21-23,29-31H,16-18,20H2,1-3H3,(H,36,37)(H,38,42)(H,39,44)(H,40,43)/t29-,30-,31?/m0/s1. The number of aromatic nitrogens is 2. The van der Waals surface area contributed by atoms with Crippen LogP contribution >= 0.6 is 8.00 Å². The first kappa shape index (κ1) is 36.7. The number of hydrogen-bond donors (Lipinski definition) is 4. The van der Waals surface area contributed by atoms with E-state index in [1.807, 2.05) is 86.6 Å². The van der Waals surface area contributed by atoms with Gasteiger partial charge in [0.2, 0.25) is 25.6 Å². The number of nitrogens with zero attached hydrogens (tertiary/aromatic N) is 1. The first-order valence-corrected chi connectivity index (χ1v) is 16.9. The van der Waals surface area contributed by atoms with Crippen LogP contribution in [0.4, 0.5) is 4.79 Å². The van der Waals surface area contributed by atoms with Gasteiger partial charge >= 0.3 is 12.1 Å². The summed E-state index contributed by atoms with van der Waals surface area (Å²) in [6.45, 7) is 3.75. The molecule has 2 unspecified atom stereocenters. The van der Waals surface area contributed by atoms with Crippen molar-refractivity contribution >= 4 is 48.4 Å². The lowest BCUT2D eigenvalue weighted by atomic mass is 9.98. The van der Waals surface area contributed by atoms with Crippen molar-refractivity contribution in [3.63, 3.8) is 0 Å². The molecular formula is C35H40N5O8P. The molecule has 4 rings (SSSR count). The van der Waals surface area contributed by atoms with E-state index in [9.17, 15) is 24.1 Å². The fraction of sp³-hybridized carbons (Fsp3) is 0.314. The number of aromatic amines is 1. The van der Waals surface area contributed by atoms with Crippen LogP contribution in [0.1, 0.15) is 37.1 Å². The van der Waals surface area contributed by atoms with Gasteiger partial charge in [0.05, 0.1) is 13.4 Å². The molecule has 4 N–H and O–H groups in total. The van der Waals surface area contributed by atoms with Gasteiger partial charge in [-0.3, -0.25) is 9.59 Å². The van der Waals surface area contributed by atoms with Gasteiger partial charge in [-0.1, -0.05) is 86.6 Å². The van der Waals surface area contributed by atoms with E-state index >= 15 is 0 Å². The Hall–Kier alpha value is -5.10. The summed E-state index contributed by atoms with van der Waals surface area (Å²) in [5.41, 5.74) is 2.12. The molecule has 0 radical (unpaired) electrons. The number of hydrogen-bond acceptors (Lipinski definition) is 9. The molecule has 1 aromatic heterocycles. The number of nitrogens with one attached hydrogen (secondary N) is 4. The van der Waals surface area contributed by atoms with Crippen molar-refractivity contribution in [1.29, 1.82) is 0 Å². The van der Waals surface area contributed by atoms with Crippen molar-refractivity contribution < 1.29 is 38.1 Å². The van der Waals surface area contributed by atoms with Crippen molar-refractivity contribution in [1.82, 2.24) is 25.9 Å². The summed E-state index contributed by atoms with van der Waals surface area (Å²) < 4.78 is 15.4. The van der Waals surface area contributed by atoms with E-state index < -0.39 is 50.2 Å². The molecule has 258 valence electrons. The number of imidazole rings is 1. The highest BCUT2D eigenvalue weighted by Crippen LogP contribution is 2.21. The first-order chi connectivity index (χ1) is 23.6. The van der Waals surface area contributed by atoms with Crippen LogP contribution in [0.2, 0.25) is 0 Å². The number of carbonyl (C=O) groups is 4. The van der Waals surface area contributed by atoms with Gasteiger partial charge < -0.3 is 35.3 Å². The van der Waals surface area contributed by atoms with Crippen LogP contribution in [-0.4, -0.2) is 65.1 Å².